The van der Waals surface area contributed by atoms with Crippen LogP contribution in [-0.2, 0) is 10.3 Å². The lowest BCUT2D eigenvalue weighted by Gasteiger charge is -2.36. The van der Waals surface area contributed by atoms with Gasteiger partial charge in [0.05, 0.1) is 13.2 Å². The van der Waals surface area contributed by atoms with E-state index in [1.807, 2.05) is 54.6 Å². The first-order chi connectivity index (χ1) is 18.0. The summed E-state index contributed by atoms with van der Waals surface area (Å²) >= 11 is 7.86. The zero-order valence-corrected chi connectivity index (χ0v) is 22.3. The summed E-state index contributed by atoms with van der Waals surface area (Å²) < 4.78 is 25.7. The van der Waals surface area contributed by atoms with E-state index in [1.165, 1.54) is 11.3 Å². The van der Waals surface area contributed by atoms with Crippen LogP contribution in [0.2, 0.25) is 5.02 Å². The number of hydrogen-bond acceptors (Lipinski definition) is 6. The molecule has 0 atom stereocenters. The second-order valence-corrected chi connectivity index (χ2v) is 10.8. The third-order valence-electron chi connectivity index (χ3n) is 6.85. The highest BCUT2D eigenvalue weighted by atomic mass is 35.5. The summed E-state index contributed by atoms with van der Waals surface area (Å²) in [6, 6.07) is 17.2. The first-order valence-electron chi connectivity index (χ1n) is 12.7. The van der Waals surface area contributed by atoms with Crippen LogP contribution < -0.4 is 14.2 Å². The number of rotatable bonds is 8. The molecule has 0 saturated heterocycles. The van der Waals surface area contributed by atoms with Crippen molar-refractivity contribution in [2.24, 2.45) is 0 Å². The van der Waals surface area contributed by atoms with Crippen LogP contribution in [0.1, 0.15) is 65.9 Å². The Morgan fingerprint density at radius 2 is 1.49 bits per heavy atom. The number of benzene rings is 3. The lowest BCUT2D eigenvalue weighted by atomic mass is 9.78. The van der Waals surface area contributed by atoms with Crippen molar-refractivity contribution in [3.63, 3.8) is 0 Å². The molecule has 5 nitrogen and oxygen atoms in total. The first kappa shape index (κ1) is 24.1. The largest absolute Gasteiger partial charge is 0.493 e. The maximum absolute atomic E-state index is 13.4. The fraction of sp³-hybridized carbons (Fsp3) is 0.300. The topological polar surface area (TPSA) is 54.0 Å². The molecule has 7 heteroatoms. The molecule has 0 amide bonds. The molecule has 0 N–H and O–H groups in total. The molecule has 0 fully saturated rings. The number of carbonyl (C=O) groups is 1. The van der Waals surface area contributed by atoms with Gasteiger partial charge in [-0.3, -0.25) is 0 Å². The Kier molecular flexibility index (Phi) is 6.25. The minimum absolute atomic E-state index is 0.349. The lowest BCUT2D eigenvalue weighted by Crippen LogP contribution is -2.33. The molecular weight excluding hydrogens is 508 g/mol. The Morgan fingerprint density at radius 3 is 2.08 bits per heavy atom. The van der Waals surface area contributed by atoms with Crippen LogP contribution in [0.5, 0.6) is 23.0 Å². The predicted molar refractivity (Wildman–Crippen MR) is 146 cm³/mol. The zero-order chi connectivity index (χ0) is 25.6. The number of thiophene rings is 1. The molecule has 0 bridgehead atoms. The van der Waals surface area contributed by atoms with Gasteiger partial charge < -0.3 is 18.9 Å². The number of halogens is 1. The number of fused-ring (bicyclic) bond motifs is 8. The minimum atomic E-state index is -1.16. The first-order valence-corrected chi connectivity index (χ1v) is 13.9. The fourth-order valence-corrected chi connectivity index (χ4v) is 6.33. The van der Waals surface area contributed by atoms with Gasteiger partial charge in [-0.05, 0) is 55.3 Å². The molecule has 3 heterocycles. The zero-order valence-electron chi connectivity index (χ0n) is 20.8. The van der Waals surface area contributed by atoms with Crippen molar-refractivity contribution in [1.82, 2.24) is 0 Å². The van der Waals surface area contributed by atoms with Crippen molar-refractivity contribution < 1.29 is 23.7 Å². The van der Waals surface area contributed by atoms with Gasteiger partial charge in [0.25, 0.3) is 0 Å². The van der Waals surface area contributed by atoms with E-state index in [2.05, 4.69) is 13.8 Å². The number of ether oxygens (including phenoxy) is 4. The highest BCUT2D eigenvalue weighted by Crippen LogP contribution is 2.60. The molecule has 190 valence electrons. The SMILES string of the molecule is CCCCOc1ccc2c(c1)Oc1cc(OCCCC)ccc1C21OC(=O)c2sc3ccc(Cl)cc3c21. The van der Waals surface area contributed by atoms with Crippen LogP contribution >= 0.6 is 22.9 Å². The van der Waals surface area contributed by atoms with E-state index in [0.29, 0.717) is 46.1 Å². The predicted octanol–water partition coefficient (Wildman–Crippen LogP) is 8.48. The molecule has 2 aliphatic heterocycles. The molecule has 37 heavy (non-hydrogen) atoms. The van der Waals surface area contributed by atoms with Crippen molar-refractivity contribution in [3.8, 4) is 23.0 Å². The quantitative estimate of drug-likeness (QED) is 0.167. The average Bonchev–Trinajstić information content (AvgIpc) is 3.40. The Labute approximate surface area is 224 Å². The van der Waals surface area contributed by atoms with Crippen LogP contribution in [0.15, 0.2) is 54.6 Å². The highest BCUT2D eigenvalue weighted by molar-refractivity contribution is 7.21. The molecule has 2 aliphatic rings. The van der Waals surface area contributed by atoms with Crippen molar-refractivity contribution in [2.75, 3.05) is 13.2 Å². The Balaban J connectivity index is 1.56. The van der Waals surface area contributed by atoms with E-state index in [1.54, 1.807) is 0 Å². The van der Waals surface area contributed by atoms with E-state index in [0.717, 1.165) is 52.5 Å². The van der Waals surface area contributed by atoms with Crippen LogP contribution in [0.25, 0.3) is 10.1 Å². The van der Waals surface area contributed by atoms with E-state index in [9.17, 15) is 4.79 Å². The number of esters is 1. The molecule has 3 aromatic carbocycles. The van der Waals surface area contributed by atoms with E-state index in [-0.39, 0.29) is 5.97 Å². The van der Waals surface area contributed by atoms with Crippen molar-refractivity contribution in [1.29, 1.82) is 0 Å². The summed E-state index contributed by atoms with van der Waals surface area (Å²) in [5, 5.41) is 1.51. The summed E-state index contributed by atoms with van der Waals surface area (Å²) in [6.45, 7) is 5.51. The van der Waals surface area contributed by atoms with Gasteiger partial charge in [0.1, 0.15) is 27.9 Å². The van der Waals surface area contributed by atoms with E-state index in [4.69, 9.17) is 30.5 Å². The molecule has 0 saturated carbocycles. The van der Waals surface area contributed by atoms with Gasteiger partial charge >= 0.3 is 5.97 Å². The third-order valence-corrected chi connectivity index (χ3v) is 8.24. The Bertz CT molecular complexity index is 1450. The van der Waals surface area contributed by atoms with Crippen LogP contribution in [0, 0.1) is 0 Å². The second kappa shape index (κ2) is 9.58. The number of unbranched alkanes of at least 4 members (excludes halogenated alkanes) is 2. The molecule has 0 radical (unpaired) electrons. The summed E-state index contributed by atoms with van der Waals surface area (Å²) in [5.74, 6) is 2.26. The van der Waals surface area contributed by atoms with E-state index >= 15 is 0 Å². The third kappa shape index (κ3) is 3.94. The molecular formula is C30H27ClO5S. The monoisotopic (exact) mass is 534 g/mol. The number of hydrogen-bond donors (Lipinski definition) is 0. The highest BCUT2D eigenvalue weighted by Gasteiger charge is 2.55. The van der Waals surface area contributed by atoms with Gasteiger partial charge in [-0.1, -0.05) is 38.3 Å². The van der Waals surface area contributed by atoms with Gasteiger partial charge in [-0.2, -0.15) is 0 Å². The molecule has 4 aromatic rings. The normalized spacial score (nSPS) is 14.6. The lowest BCUT2D eigenvalue weighted by molar-refractivity contribution is 0.0229. The number of carbonyl (C=O) groups excluding carboxylic acids is 1. The van der Waals surface area contributed by atoms with Gasteiger partial charge in [-0.15, -0.1) is 11.3 Å². The standard InChI is InChI=1S/C30H27ClO5S/c1-3-5-13-33-19-8-10-22-24(16-19)35-25-17-20(34-14-6-4-2)9-11-23(25)30(22)27-21-15-18(31)7-12-26(21)37-28(27)29(32)36-30/h7-12,15-17H,3-6,13-14H2,1-2H3. The average molecular weight is 535 g/mol. The summed E-state index contributed by atoms with van der Waals surface area (Å²) in [5.41, 5.74) is 1.16. The van der Waals surface area contributed by atoms with Crippen molar-refractivity contribution >= 4 is 39.0 Å². The fourth-order valence-electron chi connectivity index (χ4n) is 5.05. The van der Waals surface area contributed by atoms with Crippen LogP contribution in [0.3, 0.4) is 0 Å². The van der Waals surface area contributed by atoms with Crippen LogP contribution in [0.4, 0.5) is 0 Å². The Morgan fingerprint density at radius 1 is 0.865 bits per heavy atom. The van der Waals surface area contributed by atoms with Gasteiger partial charge in [0, 0.05) is 43.9 Å². The molecule has 1 spiro atoms. The summed E-state index contributed by atoms with van der Waals surface area (Å²) in [6.07, 6.45) is 4.02. The van der Waals surface area contributed by atoms with E-state index < -0.39 is 5.60 Å². The summed E-state index contributed by atoms with van der Waals surface area (Å²) in [4.78, 5) is 13.9. The second-order valence-electron chi connectivity index (χ2n) is 9.34. The van der Waals surface area contributed by atoms with Crippen LogP contribution in [-0.4, -0.2) is 19.2 Å². The van der Waals surface area contributed by atoms with Crippen molar-refractivity contribution in [2.45, 2.75) is 45.1 Å². The maximum atomic E-state index is 13.4. The molecule has 6 rings (SSSR count). The molecule has 0 aliphatic carbocycles. The molecule has 1 aromatic heterocycles. The Hall–Kier alpha value is -3.22. The van der Waals surface area contributed by atoms with Crippen molar-refractivity contribution in [3.05, 3.63) is 81.2 Å². The molecule has 0 unspecified atom stereocenters. The van der Waals surface area contributed by atoms with Gasteiger partial charge in [0.15, 0.2) is 5.60 Å². The summed E-state index contributed by atoms with van der Waals surface area (Å²) in [7, 11) is 0. The van der Waals surface area contributed by atoms with Gasteiger partial charge in [-0.25, -0.2) is 4.79 Å². The smallest absolute Gasteiger partial charge is 0.350 e. The van der Waals surface area contributed by atoms with Gasteiger partial charge in [0.2, 0.25) is 0 Å². The maximum Gasteiger partial charge on any atom is 0.350 e. The minimum Gasteiger partial charge on any atom is -0.493 e.